The number of fused-ring (bicyclic) bond motifs is 1. The summed E-state index contributed by atoms with van der Waals surface area (Å²) < 4.78 is 0. The van der Waals surface area contributed by atoms with Gasteiger partial charge < -0.3 is 5.32 Å². The Morgan fingerprint density at radius 3 is 2.94 bits per heavy atom. The predicted octanol–water partition coefficient (Wildman–Crippen LogP) is 3.98. The summed E-state index contributed by atoms with van der Waals surface area (Å²) in [6.07, 6.45) is 0. The topological polar surface area (TPSA) is 37.8 Å². The van der Waals surface area contributed by atoms with Gasteiger partial charge in [-0.1, -0.05) is 6.07 Å². The Balaban J connectivity index is 1.95. The van der Waals surface area contributed by atoms with Crippen molar-refractivity contribution in [1.29, 1.82) is 0 Å². The SMILES string of the molecule is Cc1nc(NCc2cccs2)c2cc(C)sc2n1. The van der Waals surface area contributed by atoms with Gasteiger partial charge in [0.1, 0.15) is 16.5 Å². The molecule has 1 N–H and O–H groups in total. The number of anilines is 1. The molecule has 0 spiro atoms. The molecule has 0 aliphatic carbocycles. The fourth-order valence-electron chi connectivity index (χ4n) is 1.87. The van der Waals surface area contributed by atoms with Crippen molar-refractivity contribution in [3.63, 3.8) is 0 Å². The number of nitrogens with zero attached hydrogens (tertiary/aromatic N) is 2. The van der Waals surface area contributed by atoms with Gasteiger partial charge in [-0.25, -0.2) is 9.97 Å². The predicted molar refractivity (Wildman–Crippen MR) is 78.5 cm³/mol. The molecule has 0 saturated carbocycles. The van der Waals surface area contributed by atoms with Gasteiger partial charge in [0.2, 0.25) is 0 Å². The van der Waals surface area contributed by atoms with Crippen LogP contribution in [0.3, 0.4) is 0 Å². The Morgan fingerprint density at radius 2 is 2.17 bits per heavy atom. The lowest BCUT2D eigenvalue weighted by Crippen LogP contribution is -2.02. The van der Waals surface area contributed by atoms with Crippen molar-refractivity contribution in [1.82, 2.24) is 9.97 Å². The minimum atomic E-state index is 0.818. The van der Waals surface area contributed by atoms with Crippen LogP contribution in [0.15, 0.2) is 23.6 Å². The molecule has 0 aromatic carbocycles. The molecule has 3 aromatic rings. The second-order valence-corrected chi connectivity index (χ2v) is 6.40. The Labute approximate surface area is 114 Å². The van der Waals surface area contributed by atoms with Crippen LogP contribution in [0.5, 0.6) is 0 Å². The van der Waals surface area contributed by atoms with Crippen molar-refractivity contribution in [2.24, 2.45) is 0 Å². The highest BCUT2D eigenvalue weighted by Gasteiger charge is 2.08. The first-order valence-electron chi connectivity index (χ1n) is 5.73. The quantitative estimate of drug-likeness (QED) is 0.785. The van der Waals surface area contributed by atoms with Crippen LogP contribution in [-0.2, 0) is 6.54 Å². The third kappa shape index (κ3) is 2.23. The van der Waals surface area contributed by atoms with E-state index in [-0.39, 0.29) is 0 Å². The first-order chi connectivity index (χ1) is 8.72. The van der Waals surface area contributed by atoms with E-state index in [0.717, 1.165) is 28.4 Å². The summed E-state index contributed by atoms with van der Waals surface area (Å²) in [6.45, 7) is 4.85. The maximum Gasteiger partial charge on any atom is 0.138 e. The Morgan fingerprint density at radius 1 is 1.28 bits per heavy atom. The van der Waals surface area contributed by atoms with E-state index < -0.39 is 0 Å². The van der Waals surface area contributed by atoms with Crippen molar-refractivity contribution < 1.29 is 0 Å². The molecule has 0 aliphatic heterocycles. The van der Waals surface area contributed by atoms with Gasteiger partial charge in [-0.3, -0.25) is 0 Å². The van der Waals surface area contributed by atoms with Crippen molar-refractivity contribution in [2.45, 2.75) is 20.4 Å². The zero-order valence-electron chi connectivity index (χ0n) is 10.2. The van der Waals surface area contributed by atoms with E-state index >= 15 is 0 Å². The molecule has 0 radical (unpaired) electrons. The second-order valence-electron chi connectivity index (χ2n) is 4.13. The molecule has 0 amide bonds. The van der Waals surface area contributed by atoms with E-state index in [1.807, 2.05) is 6.92 Å². The molecule has 0 unspecified atom stereocenters. The Bertz CT molecular complexity index is 671. The van der Waals surface area contributed by atoms with E-state index in [2.05, 4.69) is 45.8 Å². The first kappa shape index (κ1) is 11.6. The fourth-order valence-corrected chi connectivity index (χ4v) is 3.44. The van der Waals surface area contributed by atoms with E-state index in [4.69, 9.17) is 0 Å². The van der Waals surface area contributed by atoms with Crippen molar-refractivity contribution in [3.8, 4) is 0 Å². The Hall–Kier alpha value is -1.46. The maximum atomic E-state index is 4.50. The molecule has 0 atom stereocenters. The maximum absolute atomic E-state index is 4.50. The molecule has 0 bridgehead atoms. The van der Waals surface area contributed by atoms with Crippen LogP contribution < -0.4 is 5.32 Å². The normalized spacial score (nSPS) is 11.0. The number of aryl methyl sites for hydroxylation is 2. The van der Waals surface area contributed by atoms with Crippen molar-refractivity contribution in [2.75, 3.05) is 5.32 Å². The van der Waals surface area contributed by atoms with Gasteiger partial charge >= 0.3 is 0 Å². The molecule has 92 valence electrons. The van der Waals surface area contributed by atoms with Crippen LogP contribution in [0, 0.1) is 13.8 Å². The highest BCUT2D eigenvalue weighted by molar-refractivity contribution is 7.18. The zero-order valence-corrected chi connectivity index (χ0v) is 11.9. The van der Waals surface area contributed by atoms with Crippen LogP contribution in [0.1, 0.15) is 15.6 Å². The van der Waals surface area contributed by atoms with Crippen LogP contribution in [0.2, 0.25) is 0 Å². The third-order valence-electron chi connectivity index (χ3n) is 2.64. The summed E-state index contributed by atoms with van der Waals surface area (Å²) in [6, 6.07) is 6.34. The largest absolute Gasteiger partial charge is 0.365 e. The highest BCUT2D eigenvalue weighted by atomic mass is 32.1. The average molecular weight is 275 g/mol. The standard InChI is InChI=1S/C13H13N3S2/c1-8-6-11-12(14-7-10-4-3-5-17-10)15-9(2)16-13(11)18-8/h3-6H,7H2,1-2H3,(H,14,15,16). The number of hydrogen-bond donors (Lipinski definition) is 1. The van der Waals surface area contributed by atoms with Gasteiger partial charge in [-0.15, -0.1) is 22.7 Å². The lowest BCUT2D eigenvalue weighted by Gasteiger charge is -2.06. The molecule has 3 rings (SSSR count). The smallest absolute Gasteiger partial charge is 0.138 e. The molecular formula is C13H13N3S2. The molecule has 0 saturated heterocycles. The fraction of sp³-hybridized carbons (Fsp3) is 0.231. The summed E-state index contributed by atoms with van der Waals surface area (Å²) >= 11 is 3.47. The monoisotopic (exact) mass is 275 g/mol. The summed E-state index contributed by atoms with van der Waals surface area (Å²) in [5.74, 6) is 1.76. The molecule has 3 aromatic heterocycles. The summed E-state index contributed by atoms with van der Waals surface area (Å²) in [4.78, 5) is 12.6. The van der Waals surface area contributed by atoms with Crippen LogP contribution in [0.4, 0.5) is 5.82 Å². The second kappa shape index (κ2) is 4.66. The van der Waals surface area contributed by atoms with Crippen LogP contribution >= 0.6 is 22.7 Å². The summed E-state index contributed by atoms with van der Waals surface area (Å²) in [7, 11) is 0. The minimum absolute atomic E-state index is 0.818. The van der Waals surface area contributed by atoms with Gasteiger partial charge in [0.25, 0.3) is 0 Å². The third-order valence-corrected chi connectivity index (χ3v) is 4.46. The van der Waals surface area contributed by atoms with Crippen LogP contribution in [-0.4, -0.2) is 9.97 Å². The van der Waals surface area contributed by atoms with Crippen molar-refractivity contribution >= 4 is 38.7 Å². The number of thiophene rings is 2. The average Bonchev–Trinajstić information content (AvgIpc) is 2.93. The van der Waals surface area contributed by atoms with Gasteiger partial charge in [-0.05, 0) is 31.4 Å². The summed E-state index contributed by atoms with van der Waals surface area (Å²) in [5.41, 5.74) is 0. The molecular weight excluding hydrogens is 262 g/mol. The molecule has 0 aliphatic rings. The Kier molecular flexibility index (Phi) is 3.01. The van der Waals surface area contributed by atoms with E-state index in [1.165, 1.54) is 9.75 Å². The molecule has 3 heterocycles. The lowest BCUT2D eigenvalue weighted by atomic mass is 10.3. The molecule has 18 heavy (non-hydrogen) atoms. The van der Waals surface area contributed by atoms with E-state index in [9.17, 15) is 0 Å². The number of rotatable bonds is 3. The first-order valence-corrected chi connectivity index (χ1v) is 7.43. The number of aromatic nitrogens is 2. The molecule has 0 fully saturated rings. The van der Waals surface area contributed by atoms with Gasteiger partial charge in [-0.2, -0.15) is 0 Å². The van der Waals surface area contributed by atoms with Gasteiger partial charge in [0, 0.05) is 9.75 Å². The number of nitrogens with one attached hydrogen (secondary N) is 1. The molecule has 5 heteroatoms. The minimum Gasteiger partial charge on any atom is -0.365 e. The van der Waals surface area contributed by atoms with Crippen molar-refractivity contribution in [3.05, 3.63) is 39.2 Å². The van der Waals surface area contributed by atoms with E-state index in [1.54, 1.807) is 22.7 Å². The van der Waals surface area contributed by atoms with Crippen LogP contribution in [0.25, 0.3) is 10.2 Å². The van der Waals surface area contributed by atoms with Gasteiger partial charge in [0.05, 0.1) is 11.9 Å². The van der Waals surface area contributed by atoms with E-state index in [0.29, 0.717) is 0 Å². The highest BCUT2D eigenvalue weighted by Crippen LogP contribution is 2.28. The number of hydrogen-bond acceptors (Lipinski definition) is 5. The summed E-state index contributed by atoms with van der Waals surface area (Å²) in [5, 5.41) is 6.62. The molecule has 3 nitrogen and oxygen atoms in total. The van der Waals surface area contributed by atoms with Gasteiger partial charge in [0.15, 0.2) is 0 Å². The lowest BCUT2D eigenvalue weighted by molar-refractivity contribution is 1.07. The zero-order chi connectivity index (χ0) is 12.5.